The molecule has 4 nitrogen and oxygen atoms in total. The van der Waals surface area contributed by atoms with Gasteiger partial charge < -0.3 is 19.2 Å². The predicted molar refractivity (Wildman–Crippen MR) is 175 cm³/mol. The van der Waals surface area contributed by atoms with Crippen molar-refractivity contribution < 1.29 is 4.42 Å². The Morgan fingerprint density at radius 2 is 1.40 bits per heavy atom. The monoisotopic (exact) mass is 541 g/mol. The van der Waals surface area contributed by atoms with E-state index in [1.807, 2.05) is 6.07 Å². The van der Waals surface area contributed by atoms with Gasteiger partial charge in [0, 0.05) is 28.9 Å². The summed E-state index contributed by atoms with van der Waals surface area (Å²) < 4.78 is 8.72. The summed E-state index contributed by atoms with van der Waals surface area (Å²) in [7, 11) is 2.16. The number of anilines is 2. The van der Waals surface area contributed by atoms with Crippen LogP contribution in [0.4, 0.5) is 11.4 Å². The molecule has 1 atom stereocenters. The third-order valence-corrected chi connectivity index (χ3v) is 8.78. The maximum atomic E-state index is 6.31. The largest absolute Gasteiger partial charge is 0.456 e. The quantitative estimate of drug-likeness (QED) is 0.242. The van der Waals surface area contributed by atoms with Crippen molar-refractivity contribution in [3.05, 3.63) is 139 Å². The van der Waals surface area contributed by atoms with E-state index in [1.165, 1.54) is 44.2 Å². The number of benzene rings is 6. The van der Waals surface area contributed by atoms with Crippen molar-refractivity contribution in [3.63, 3.8) is 0 Å². The Hall–Kier alpha value is -5.48. The first-order valence-corrected chi connectivity index (χ1v) is 14.4. The molecule has 0 radical (unpaired) electrons. The number of nitrogens with one attached hydrogen (secondary N) is 1. The van der Waals surface area contributed by atoms with E-state index in [2.05, 4.69) is 149 Å². The summed E-state index contributed by atoms with van der Waals surface area (Å²) in [5, 5.41) is 8.46. The summed E-state index contributed by atoms with van der Waals surface area (Å²) in [5.74, 6) is 0. The van der Waals surface area contributed by atoms with Crippen LogP contribution in [0, 0.1) is 0 Å². The standard InChI is InChI=1S/C38H27N3O/c1-40-33-23-26(18-20-31(33)39-38(40)24-10-3-2-4-11-24)25-12-9-13-27(22-25)41-32-16-7-5-14-28(32)29-19-21-35-36(37(29)41)30-15-6-8-17-34(30)42-35/h2-23,38-39H,1H3. The minimum atomic E-state index is 0.118. The molecule has 2 aromatic heterocycles. The minimum Gasteiger partial charge on any atom is -0.456 e. The number of para-hydroxylation sites is 2. The van der Waals surface area contributed by atoms with Crippen molar-refractivity contribution in [2.75, 3.05) is 17.3 Å². The normalized spacial score (nSPS) is 14.7. The average Bonchev–Trinajstić information content (AvgIpc) is 3.70. The number of rotatable bonds is 3. The molecule has 0 amide bonds. The number of aromatic nitrogens is 1. The van der Waals surface area contributed by atoms with Crippen LogP contribution in [-0.2, 0) is 0 Å². The molecule has 0 bridgehead atoms. The molecule has 1 aliphatic rings. The molecule has 6 aromatic carbocycles. The van der Waals surface area contributed by atoms with Crippen molar-refractivity contribution in [1.82, 2.24) is 4.57 Å². The second-order valence-corrected chi connectivity index (χ2v) is 11.1. The highest BCUT2D eigenvalue weighted by molar-refractivity contribution is 6.24. The zero-order chi connectivity index (χ0) is 27.8. The van der Waals surface area contributed by atoms with Gasteiger partial charge >= 0.3 is 0 Å². The van der Waals surface area contributed by atoms with Gasteiger partial charge in [0.15, 0.2) is 0 Å². The fourth-order valence-corrected chi connectivity index (χ4v) is 6.81. The van der Waals surface area contributed by atoms with Gasteiger partial charge in [-0.15, -0.1) is 0 Å². The highest BCUT2D eigenvalue weighted by Gasteiger charge is 2.27. The van der Waals surface area contributed by atoms with Gasteiger partial charge in [-0.25, -0.2) is 0 Å². The van der Waals surface area contributed by atoms with Gasteiger partial charge in [-0.05, 0) is 65.2 Å². The summed E-state index contributed by atoms with van der Waals surface area (Å²) in [6.07, 6.45) is 0.118. The summed E-state index contributed by atoms with van der Waals surface area (Å²) in [5.41, 5.74) is 11.3. The lowest BCUT2D eigenvalue weighted by atomic mass is 10.0. The van der Waals surface area contributed by atoms with Gasteiger partial charge in [-0.2, -0.15) is 0 Å². The van der Waals surface area contributed by atoms with Gasteiger partial charge in [0.25, 0.3) is 0 Å². The molecule has 200 valence electrons. The fourth-order valence-electron chi connectivity index (χ4n) is 6.81. The molecule has 1 unspecified atom stereocenters. The van der Waals surface area contributed by atoms with E-state index in [9.17, 15) is 0 Å². The van der Waals surface area contributed by atoms with Crippen molar-refractivity contribution in [3.8, 4) is 16.8 Å². The van der Waals surface area contributed by atoms with E-state index in [4.69, 9.17) is 4.42 Å². The Kier molecular flexibility index (Phi) is 4.85. The molecule has 4 heteroatoms. The van der Waals surface area contributed by atoms with Gasteiger partial charge in [0.05, 0.1) is 27.8 Å². The Bertz CT molecular complexity index is 2310. The Morgan fingerprint density at radius 3 is 2.31 bits per heavy atom. The van der Waals surface area contributed by atoms with Crippen molar-refractivity contribution >= 4 is 55.1 Å². The molecule has 0 saturated carbocycles. The third kappa shape index (κ3) is 3.29. The first kappa shape index (κ1) is 23.2. The lowest BCUT2D eigenvalue weighted by Gasteiger charge is -2.22. The van der Waals surface area contributed by atoms with Crippen LogP contribution in [-0.4, -0.2) is 11.6 Å². The Morgan fingerprint density at radius 1 is 0.619 bits per heavy atom. The molecular weight excluding hydrogens is 514 g/mol. The lowest BCUT2D eigenvalue weighted by molar-refractivity contribution is 0.669. The summed E-state index contributed by atoms with van der Waals surface area (Å²) >= 11 is 0. The van der Waals surface area contributed by atoms with Crippen LogP contribution >= 0.6 is 0 Å². The molecule has 42 heavy (non-hydrogen) atoms. The second kappa shape index (κ2) is 8.76. The van der Waals surface area contributed by atoms with Gasteiger partial charge in [-0.1, -0.05) is 84.9 Å². The van der Waals surface area contributed by atoms with E-state index in [0.29, 0.717) is 0 Å². The van der Waals surface area contributed by atoms with E-state index in [0.717, 1.165) is 33.3 Å². The average molecular weight is 542 g/mol. The van der Waals surface area contributed by atoms with Crippen molar-refractivity contribution in [1.29, 1.82) is 0 Å². The zero-order valence-corrected chi connectivity index (χ0v) is 23.1. The molecule has 1 aliphatic heterocycles. The highest BCUT2D eigenvalue weighted by Crippen LogP contribution is 2.44. The summed E-state index contributed by atoms with van der Waals surface area (Å²) in [4.78, 5) is 2.33. The van der Waals surface area contributed by atoms with E-state index in [-0.39, 0.29) is 6.17 Å². The van der Waals surface area contributed by atoms with Gasteiger partial charge in [-0.3, -0.25) is 0 Å². The number of hydrogen-bond acceptors (Lipinski definition) is 3. The van der Waals surface area contributed by atoms with Crippen LogP contribution in [0.1, 0.15) is 11.7 Å². The maximum absolute atomic E-state index is 6.31. The molecule has 0 fully saturated rings. The zero-order valence-electron chi connectivity index (χ0n) is 23.1. The number of nitrogens with zero attached hydrogens (tertiary/aromatic N) is 2. The first-order chi connectivity index (χ1) is 20.7. The number of fused-ring (bicyclic) bond motifs is 8. The summed E-state index contributed by atoms with van der Waals surface area (Å²) in [6, 6.07) is 47.6. The predicted octanol–water partition coefficient (Wildman–Crippen LogP) is 9.91. The summed E-state index contributed by atoms with van der Waals surface area (Å²) in [6.45, 7) is 0. The van der Waals surface area contributed by atoms with Crippen molar-refractivity contribution in [2.24, 2.45) is 0 Å². The fraction of sp³-hybridized carbons (Fsp3) is 0.0526. The molecule has 8 aromatic rings. The smallest absolute Gasteiger partial charge is 0.137 e. The van der Waals surface area contributed by atoms with Crippen LogP contribution in [0.2, 0.25) is 0 Å². The molecular formula is C38H27N3O. The van der Waals surface area contributed by atoms with Gasteiger partial charge in [0.2, 0.25) is 0 Å². The maximum Gasteiger partial charge on any atom is 0.137 e. The van der Waals surface area contributed by atoms with Crippen LogP contribution < -0.4 is 10.2 Å². The highest BCUT2D eigenvalue weighted by atomic mass is 16.3. The Labute approximate surface area is 243 Å². The molecule has 0 saturated heterocycles. The van der Waals surface area contributed by atoms with Crippen LogP contribution in [0.5, 0.6) is 0 Å². The number of furan rings is 1. The molecule has 0 aliphatic carbocycles. The van der Waals surface area contributed by atoms with Crippen LogP contribution in [0.15, 0.2) is 138 Å². The SMILES string of the molecule is CN1c2cc(-c3cccc(-n4c5ccccc5c5ccc6oc7ccccc7c6c54)c3)ccc2NC1c1ccccc1. The van der Waals surface area contributed by atoms with Crippen LogP contribution in [0.3, 0.4) is 0 Å². The Balaban J connectivity index is 1.23. The molecule has 1 N–H and O–H groups in total. The molecule has 3 heterocycles. The third-order valence-electron chi connectivity index (χ3n) is 8.78. The second-order valence-electron chi connectivity index (χ2n) is 11.1. The van der Waals surface area contributed by atoms with Gasteiger partial charge in [0.1, 0.15) is 17.3 Å². The van der Waals surface area contributed by atoms with Crippen LogP contribution in [0.25, 0.3) is 60.6 Å². The first-order valence-electron chi connectivity index (χ1n) is 14.4. The van der Waals surface area contributed by atoms with E-state index >= 15 is 0 Å². The number of hydrogen-bond donors (Lipinski definition) is 1. The van der Waals surface area contributed by atoms with Crippen molar-refractivity contribution in [2.45, 2.75) is 6.17 Å². The van der Waals surface area contributed by atoms with E-state index < -0.39 is 0 Å². The minimum absolute atomic E-state index is 0.118. The molecule has 9 rings (SSSR count). The topological polar surface area (TPSA) is 33.3 Å². The molecule has 0 spiro atoms. The lowest BCUT2D eigenvalue weighted by Crippen LogP contribution is -2.23. The van der Waals surface area contributed by atoms with E-state index in [1.54, 1.807) is 0 Å².